The van der Waals surface area contributed by atoms with Crippen molar-refractivity contribution in [3.8, 4) is 0 Å². The molecule has 0 aliphatic heterocycles. The molecule has 14 heteroatoms. The van der Waals surface area contributed by atoms with Gasteiger partial charge in [-0.2, -0.15) is 0 Å². The molecule has 5 aromatic carbocycles. The van der Waals surface area contributed by atoms with Crippen LogP contribution in [0.15, 0.2) is 132 Å². The van der Waals surface area contributed by atoms with E-state index in [9.17, 15) is 9.59 Å². The number of hydrogen-bond acceptors (Lipinski definition) is 3. The lowest BCUT2D eigenvalue weighted by Crippen LogP contribution is -2.21. The van der Waals surface area contributed by atoms with E-state index < -0.39 is 0 Å². The third-order valence-electron chi connectivity index (χ3n) is 5.77. The van der Waals surface area contributed by atoms with Crippen LogP contribution in [-0.4, -0.2) is 44.9 Å². The Bertz CT molecular complexity index is 1760. The lowest BCUT2D eigenvalue weighted by atomic mass is 10.2. The monoisotopic (exact) mass is 1090 g/mol. The fourth-order valence-electron chi connectivity index (χ4n) is 3.27. The molecule has 0 atom stereocenters. The minimum atomic E-state index is -0.0488. The zero-order valence-electron chi connectivity index (χ0n) is 28.0. The van der Waals surface area contributed by atoms with E-state index in [0.29, 0.717) is 25.7 Å². The van der Waals surface area contributed by atoms with Crippen LogP contribution in [0.4, 0.5) is 11.4 Å². The van der Waals surface area contributed by atoms with Crippen molar-refractivity contribution >= 4 is 149 Å². The SMILES string of the molecule is CC(=O)Nc1ccc(Br)cc1.CN(C)C(=O)c1ccc(Br)cc1.CN(C)c1ccc(Br)cc1.Clc1ccc(Br)cc1Cl.Clc1ccc(Cl)c(Br)c1. The van der Waals surface area contributed by atoms with E-state index >= 15 is 0 Å². The topological polar surface area (TPSA) is 52.7 Å². The molecule has 51 heavy (non-hydrogen) atoms. The van der Waals surface area contributed by atoms with Crippen molar-refractivity contribution in [2.45, 2.75) is 6.92 Å². The maximum Gasteiger partial charge on any atom is 0.253 e. The number of amides is 2. The summed E-state index contributed by atoms with van der Waals surface area (Å²) >= 11 is 39.0. The average Bonchev–Trinajstić information content (AvgIpc) is 3.07. The van der Waals surface area contributed by atoms with E-state index in [0.717, 1.165) is 28.1 Å². The van der Waals surface area contributed by atoms with Gasteiger partial charge in [-0.05, 0) is 125 Å². The van der Waals surface area contributed by atoms with Crippen LogP contribution in [0, 0.1) is 0 Å². The molecule has 0 unspecified atom stereocenters. The number of hydrogen-bond donors (Lipinski definition) is 1. The lowest BCUT2D eigenvalue weighted by Gasteiger charge is -2.11. The highest BCUT2D eigenvalue weighted by atomic mass is 79.9. The Morgan fingerprint density at radius 3 is 1.39 bits per heavy atom. The van der Waals surface area contributed by atoms with E-state index in [4.69, 9.17) is 46.4 Å². The minimum Gasteiger partial charge on any atom is -0.378 e. The quantitative estimate of drug-likeness (QED) is 0.183. The highest BCUT2D eigenvalue weighted by Crippen LogP contribution is 2.26. The van der Waals surface area contributed by atoms with Gasteiger partial charge in [0.15, 0.2) is 0 Å². The summed E-state index contributed by atoms with van der Waals surface area (Å²) in [5, 5.41) is 5.20. The predicted octanol–water partition coefficient (Wildman–Crippen LogP) is 14.6. The summed E-state index contributed by atoms with van der Waals surface area (Å²) in [7, 11) is 7.54. The van der Waals surface area contributed by atoms with Gasteiger partial charge in [0.25, 0.3) is 5.91 Å². The summed E-state index contributed by atoms with van der Waals surface area (Å²) in [6.07, 6.45) is 0. The zero-order chi connectivity index (χ0) is 38.7. The van der Waals surface area contributed by atoms with Crippen molar-refractivity contribution < 1.29 is 9.59 Å². The van der Waals surface area contributed by atoms with Crippen LogP contribution in [0.2, 0.25) is 20.1 Å². The third-order valence-corrected chi connectivity index (χ3v) is 10.0. The van der Waals surface area contributed by atoms with Crippen molar-refractivity contribution in [1.29, 1.82) is 0 Å². The molecular weight excluding hydrogens is 1060 g/mol. The van der Waals surface area contributed by atoms with Crippen LogP contribution in [0.1, 0.15) is 17.3 Å². The molecule has 0 aliphatic rings. The molecule has 5 nitrogen and oxygen atoms in total. The molecule has 1 N–H and O–H groups in total. The molecule has 0 aliphatic carbocycles. The van der Waals surface area contributed by atoms with Gasteiger partial charge < -0.3 is 15.1 Å². The standard InChI is InChI=1S/C9H10BrNO.C8H8BrNO.C8H10BrN.2C6H3BrCl2/c1-11(2)9(12)7-3-5-8(10)6-4-7;1-6(11)10-8-4-2-7(9)3-5-8;1-10(2)8-5-3-7(9)4-6-8;7-5-3-4(8)1-2-6(5)9;7-4-1-2-5(8)6(9)3-4/h3-6H,1-2H3;2-5H,1H3,(H,10,11);3-6H,1-2H3;2*1-3H. The van der Waals surface area contributed by atoms with Crippen molar-refractivity contribution in [3.05, 3.63) is 157 Å². The number of benzene rings is 5. The van der Waals surface area contributed by atoms with Crippen LogP contribution in [0.3, 0.4) is 0 Å². The number of nitrogens with zero attached hydrogens (tertiary/aromatic N) is 2. The summed E-state index contributed by atoms with van der Waals surface area (Å²) in [6.45, 7) is 1.49. The molecule has 272 valence electrons. The molecule has 0 saturated heterocycles. The number of carbonyl (C=O) groups is 2. The van der Waals surface area contributed by atoms with E-state index in [1.807, 2.05) is 68.7 Å². The summed E-state index contributed by atoms with van der Waals surface area (Å²) in [5.41, 5.74) is 2.76. The third kappa shape index (κ3) is 21.0. The Labute approximate surface area is 362 Å². The zero-order valence-corrected chi connectivity index (χ0v) is 39.0. The van der Waals surface area contributed by atoms with E-state index in [1.165, 1.54) is 12.6 Å². The van der Waals surface area contributed by atoms with Gasteiger partial charge >= 0.3 is 0 Å². The Hall–Kier alpha value is -1.60. The largest absolute Gasteiger partial charge is 0.378 e. The molecule has 0 aromatic heterocycles. The second-order valence-electron chi connectivity index (χ2n) is 10.4. The van der Waals surface area contributed by atoms with E-state index in [2.05, 4.69) is 102 Å². The van der Waals surface area contributed by atoms with Gasteiger partial charge in [-0.3, -0.25) is 9.59 Å². The first-order valence-corrected chi connectivity index (χ1v) is 20.0. The molecule has 5 rings (SSSR count). The Balaban J connectivity index is 0.000000320. The summed E-state index contributed by atoms with van der Waals surface area (Å²) in [4.78, 5) is 25.6. The van der Waals surface area contributed by atoms with Crippen LogP contribution in [-0.2, 0) is 4.79 Å². The number of halogens is 9. The van der Waals surface area contributed by atoms with Gasteiger partial charge in [0, 0.05) is 79.4 Å². The van der Waals surface area contributed by atoms with Crippen molar-refractivity contribution in [2.75, 3.05) is 38.4 Å². The summed E-state index contributed by atoms with van der Waals surface area (Å²) in [6, 6.07) is 33.6. The summed E-state index contributed by atoms with van der Waals surface area (Å²) in [5.74, 6) is -0.0187. The van der Waals surface area contributed by atoms with Crippen molar-refractivity contribution in [3.63, 3.8) is 0 Å². The van der Waals surface area contributed by atoms with Crippen LogP contribution < -0.4 is 10.2 Å². The van der Waals surface area contributed by atoms with E-state index in [-0.39, 0.29) is 11.8 Å². The fourth-order valence-corrected chi connectivity index (χ4v) is 5.65. The van der Waals surface area contributed by atoms with Crippen LogP contribution in [0.5, 0.6) is 0 Å². The maximum absolute atomic E-state index is 11.4. The Morgan fingerprint density at radius 1 is 0.549 bits per heavy atom. The smallest absolute Gasteiger partial charge is 0.253 e. The van der Waals surface area contributed by atoms with Gasteiger partial charge in [-0.1, -0.05) is 110 Å². The van der Waals surface area contributed by atoms with Crippen LogP contribution in [0.25, 0.3) is 0 Å². The first-order chi connectivity index (χ1) is 23.9. The molecule has 2 amide bonds. The molecule has 0 radical (unpaired) electrons. The van der Waals surface area contributed by atoms with E-state index in [1.54, 1.807) is 61.5 Å². The maximum atomic E-state index is 11.4. The number of anilines is 2. The molecule has 5 aromatic rings. The molecule has 0 spiro atoms. The normalized spacial score (nSPS) is 9.53. The first kappa shape index (κ1) is 47.4. The van der Waals surface area contributed by atoms with Gasteiger partial charge in [0.2, 0.25) is 5.91 Å². The molecule has 0 saturated carbocycles. The van der Waals surface area contributed by atoms with Gasteiger partial charge in [0.1, 0.15) is 0 Å². The average molecular weight is 1090 g/mol. The predicted molar refractivity (Wildman–Crippen MR) is 237 cm³/mol. The number of rotatable bonds is 3. The molecule has 0 heterocycles. The first-order valence-electron chi connectivity index (χ1n) is 14.5. The number of nitrogens with one attached hydrogen (secondary N) is 1. The van der Waals surface area contributed by atoms with Gasteiger partial charge in [-0.15, -0.1) is 0 Å². The second kappa shape index (κ2) is 25.4. The van der Waals surface area contributed by atoms with Gasteiger partial charge in [-0.25, -0.2) is 0 Å². The lowest BCUT2D eigenvalue weighted by molar-refractivity contribution is -0.114. The van der Waals surface area contributed by atoms with Gasteiger partial charge in [0.05, 0.1) is 15.1 Å². The van der Waals surface area contributed by atoms with Crippen molar-refractivity contribution in [2.24, 2.45) is 0 Å². The molecular formula is C37H34Br5Cl4N3O2. The minimum absolute atomic E-state index is 0.0301. The number of carbonyl (C=O) groups excluding carboxylic acids is 2. The second-order valence-corrected chi connectivity index (χ2v) is 16.6. The Kier molecular flexibility index (Phi) is 23.6. The fraction of sp³-hybridized carbons (Fsp3) is 0.135. The highest BCUT2D eigenvalue weighted by molar-refractivity contribution is 9.11. The Morgan fingerprint density at radius 2 is 1.00 bits per heavy atom. The highest BCUT2D eigenvalue weighted by Gasteiger charge is 2.06. The summed E-state index contributed by atoms with van der Waals surface area (Å²) < 4.78 is 4.89. The van der Waals surface area contributed by atoms with Crippen LogP contribution >= 0.6 is 126 Å². The van der Waals surface area contributed by atoms with Crippen molar-refractivity contribution in [1.82, 2.24) is 4.90 Å². The molecule has 0 bridgehead atoms. The molecule has 0 fully saturated rings.